The van der Waals surface area contributed by atoms with Gasteiger partial charge in [-0.2, -0.15) is 0 Å². The van der Waals surface area contributed by atoms with Crippen molar-refractivity contribution < 1.29 is 19.1 Å². The Kier molecular flexibility index (Phi) is 9.15. The molecule has 0 bridgehead atoms. The molecule has 4 aromatic rings. The Morgan fingerprint density at radius 1 is 0.723 bits per heavy atom. The molecule has 0 aliphatic carbocycles. The third kappa shape index (κ3) is 6.65. The van der Waals surface area contributed by atoms with Crippen LogP contribution in [-0.2, 0) is 40.5 Å². The van der Waals surface area contributed by atoms with Gasteiger partial charge in [-0.25, -0.2) is 14.8 Å². The maximum Gasteiger partial charge on any atom is 0.407 e. The second-order valence-electron chi connectivity index (χ2n) is 13.1. The first-order chi connectivity index (χ1) is 22.6. The zero-order valence-corrected chi connectivity index (χ0v) is 27.8. The number of aromatic nitrogens is 4. The Hall–Kier alpha value is -4.93. The summed E-state index contributed by atoms with van der Waals surface area (Å²) in [6.07, 6.45) is 3.74. The number of rotatable bonds is 8. The van der Waals surface area contributed by atoms with Crippen molar-refractivity contribution in [2.24, 2.45) is 11.8 Å². The minimum Gasteiger partial charge on any atom is -0.453 e. The Morgan fingerprint density at radius 3 is 1.66 bits per heavy atom. The summed E-state index contributed by atoms with van der Waals surface area (Å²) < 4.78 is 9.11. The lowest BCUT2D eigenvalue weighted by atomic mass is 10.0. The molecule has 6 rings (SSSR count). The van der Waals surface area contributed by atoms with E-state index in [0.29, 0.717) is 45.1 Å². The van der Waals surface area contributed by atoms with E-state index in [4.69, 9.17) is 4.74 Å². The van der Waals surface area contributed by atoms with Crippen molar-refractivity contribution in [1.29, 1.82) is 0 Å². The van der Waals surface area contributed by atoms with Gasteiger partial charge in [0.05, 0.1) is 44.0 Å². The molecule has 0 radical (unpaired) electrons. The molecule has 246 valence electrons. The van der Waals surface area contributed by atoms with E-state index in [1.807, 2.05) is 31.1 Å². The fraction of sp³-hybridized carbons (Fsp3) is 0.417. The minimum atomic E-state index is -0.659. The predicted octanol–water partition coefficient (Wildman–Crippen LogP) is 5.19. The van der Waals surface area contributed by atoms with E-state index in [9.17, 15) is 14.4 Å². The van der Waals surface area contributed by atoms with Gasteiger partial charge in [-0.15, -0.1) is 0 Å². The average molecular weight is 638 g/mol. The summed E-state index contributed by atoms with van der Waals surface area (Å²) in [4.78, 5) is 50.6. The SMILES string of the molecule is COC(=O)N[C@H](C(=O)N1CCn2c(-c3ccc(-c4ccc(-c5cnc6n5CCN(C(=O)CC(C)C)C6)cc4)cc3)cnc2C1)C(C)C. The van der Waals surface area contributed by atoms with Gasteiger partial charge in [-0.1, -0.05) is 76.2 Å². The van der Waals surface area contributed by atoms with Crippen molar-refractivity contribution in [2.45, 2.75) is 66.3 Å². The molecule has 1 atom stereocenters. The van der Waals surface area contributed by atoms with Gasteiger partial charge in [0.15, 0.2) is 0 Å². The molecular formula is C36H43N7O4. The second-order valence-corrected chi connectivity index (χ2v) is 13.1. The molecule has 47 heavy (non-hydrogen) atoms. The van der Waals surface area contributed by atoms with Crippen molar-refractivity contribution in [3.8, 4) is 33.6 Å². The number of carbonyl (C=O) groups is 3. The lowest BCUT2D eigenvalue weighted by Gasteiger charge is -2.32. The number of ether oxygens (including phenoxy) is 1. The zero-order valence-electron chi connectivity index (χ0n) is 27.8. The fourth-order valence-corrected chi connectivity index (χ4v) is 6.42. The highest BCUT2D eigenvalue weighted by Gasteiger charge is 2.32. The highest BCUT2D eigenvalue weighted by Crippen LogP contribution is 2.30. The van der Waals surface area contributed by atoms with Gasteiger partial charge in [0.2, 0.25) is 11.8 Å². The number of hydrogen-bond acceptors (Lipinski definition) is 6. The monoisotopic (exact) mass is 637 g/mol. The normalized spacial score (nSPS) is 15.0. The number of nitrogens with one attached hydrogen (secondary N) is 1. The average Bonchev–Trinajstić information content (AvgIpc) is 3.70. The minimum absolute atomic E-state index is 0.0799. The summed E-state index contributed by atoms with van der Waals surface area (Å²) in [5.74, 6) is 2.08. The number of benzene rings is 2. The number of nitrogens with zero attached hydrogens (tertiary/aromatic N) is 6. The van der Waals surface area contributed by atoms with Crippen molar-refractivity contribution >= 4 is 17.9 Å². The van der Waals surface area contributed by atoms with Crippen LogP contribution in [0, 0.1) is 11.8 Å². The van der Waals surface area contributed by atoms with Crippen LogP contribution in [-0.4, -0.2) is 73.1 Å². The van der Waals surface area contributed by atoms with E-state index >= 15 is 0 Å². The third-order valence-corrected chi connectivity index (χ3v) is 9.06. The Balaban J connectivity index is 1.12. The molecule has 0 unspecified atom stereocenters. The quantitative estimate of drug-likeness (QED) is 0.285. The smallest absolute Gasteiger partial charge is 0.407 e. The van der Waals surface area contributed by atoms with Crippen molar-refractivity contribution in [2.75, 3.05) is 20.2 Å². The van der Waals surface area contributed by atoms with Crippen molar-refractivity contribution in [1.82, 2.24) is 34.2 Å². The molecule has 2 aliphatic heterocycles. The van der Waals surface area contributed by atoms with Crippen LogP contribution in [0.15, 0.2) is 60.9 Å². The van der Waals surface area contributed by atoms with Crippen LogP contribution in [0.4, 0.5) is 4.79 Å². The van der Waals surface area contributed by atoms with E-state index in [0.717, 1.165) is 51.8 Å². The summed E-state index contributed by atoms with van der Waals surface area (Å²) in [5, 5.41) is 2.67. The molecule has 1 N–H and O–H groups in total. The summed E-state index contributed by atoms with van der Waals surface area (Å²) in [5.41, 5.74) is 6.48. The molecule has 0 spiro atoms. The van der Waals surface area contributed by atoms with E-state index in [-0.39, 0.29) is 17.7 Å². The molecule has 0 saturated heterocycles. The van der Waals surface area contributed by atoms with Gasteiger partial charge >= 0.3 is 6.09 Å². The Labute approximate surface area is 275 Å². The summed E-state index contributed by atoms with van der Waals surface area (Å²) in [6.45, 7) is 11.5. The summed E-state index contributed by atoms with van der Waals surface area (Å²) in [7, 11) is 1.29. The number of carbonyl (C=O) groups excluding carboxylic acids is 3. The van der Waals surface area contributed by atoms with Crippen molar-refractivity contribution in [3.05, 3.63) is 72.6 Å². The lowest BCUT2D eigenvalue weighted by Crippen LogP contribution is -2.52. The van der Waals surface area contributed by atoms with Crippen LogP contribution < -0.4 is 5.32 Å². The standard InChI is InChI=1S/C36H43N7O4/c1-23(2)18-33(44)40-14-16-42-29(19-37-31(42)21-40)27-10-6-25(7-11-27)26-8-12-28(13-9-26)30-20-38-32-22-41(15-17-43(30)32)35(45)34(24(3)4)39-36(46)47-5/h6-13,19-20,23-24,34H,14-18,21-22H2,1-5H3,(H,39,46)/t34-/m0/s1. The molecular weight excluding hydrogens is 594 g/mol. The van der Waals surface area contributed by atoms with E-state index < -0.39 is 12.1 Å². The van der Waals surface area contributed by atoms with Crippen LogP contribution in [0.25, 0.3) is 33.6 Å². The lowest BCUT2D eigenvalue weighted by molar-refractivity contribution is -0.136. The molecule has 2 aromatic heterocycles. The van der Waals surface area contributed by atoms with E-state index in [2.05, 4.69) is 86.8 Å². The zero-order chi connectivity index (χ0) is 33.2. The maximum atomic E-state index is 13.3. The van der Waals surface area contributed by atoms with Gasteiger partial charge in [-0.05, 0) is 34.1 Å². The van der Waals surface area contributed by atoms with Gasteiger partial charge in [0.25, 0.3) is 0 Å². The van der Waals surface area contributed by atoms with E-state index in [1.165, 1.54) is 7.11 Å². The number of hydrogen-bond donors (Lipinski definition) is 1. The Morgan fingerprint density at radius 2 is 1.19 bits per heavy atom. The highest BCUT2D eigenvalue weighted by molar-refractivity contribution is 5.86. The molecule has 2 aliphatic rings. The number of fused-ring (bicyclic) bond motifs is 2. The molecule has 3 amide bonds. The van der Waals surface area contributed by atoms with Crippen LogP contribution in [0.3, 0.4) is 0 Å². The topological polar surface area (TPSA) is 115 Å². The maximum absolute atomic E-state index is 13.3. The number of imidazole rings is 2. The van der Waals surface area contributed by atoms with Gasteiger partial charge in [-0.3, -0.25) is 9.59 Å². The molecule has 2 aromatic carbocycles. The van der Waals surface area contributed by atoms with Gasteiger partial charge in [0, 0.05) is 32.6 Å². The highest BCUT2D eigenvalue weighted by atomic mass is 16.5. The van der Waals surface area contributed by atoms with Crippen LogP contribution in [0.5, 0.6) is 0 Å². The van der Waals surface area contributed by atoms with Gasteiger partial charge < -0.3 is 29.0 Å². The number of alkyl carbamates (subject to hydrolysis) is 1. The molecule has 4 heterocycles. The summed E-state index contributed by atoms with van der Waals surface area (Å²) in [6, 6.07) is 16.3. The van der Waals surface area contributed by atoms with E-state index in [1.54, 1.807) is 4.90 Å². The predicted molar refractivity (Wildman–Crippen MR) is 179 cm³/mol. The first kappa shape index (κ1) is 32.0. The van der Waals surface area contributed by atoms with Crippen LogP contribution >= 0.6 is 0 Å². The van der Waals surface area contributed by atoms with Gasteiger partial charge in [0.1, 0.15) is 17.7 Å². The first-order valence-corrected chi connectivity index (χ1v) is 16.3. The largest absolute Gasteiger partial charge is 0.453 e. The van der Waals surface area contributed by atoms with Crippen molar-refractivity contribution in [3.63, 3.8) is 0 Å². The van der Waals surface area contributed by atoms with Crippen LogP contribution in [0.2, 0.25) is 0 Å². The Bertz CT molecular complexity index is 1750. The molecule has 0 fully saturated rings. The summed E-state index contributed by atoms with van der Waals surface area (Å²) >= 11 is 0. The number of methoxy groups -OCH3 is 1. The number of amides is 3. The fourth-order valence-electron chi connectivity index (χ4n) is 6.42. The second kappa shape index (κ2) is 13.4. The molecule has 11 heteroatoms. The third-order valence-electron chi connectivity index (χ3n) is 9.06. The molecule has 0 saturated carbocycles. The first-order valence-electron chi connectivity index (χ1n) is 16.3. The van der Waals surface area contributed by atoms with Crippen LogP contribution in [0.1, 0.15) is 45.8 Å². The molecule has 11 nitrogen and oxygen atoms in total.